The molecule has 0 radical (unpaired) electrons. The summed E-state index contributed by atoms with van der Waals surface area (Å²) < 4.78 is 0. The second-order valence-electron chi connectivity index (χ2n) is 11.4. The first-order valence-electron chi connectivity index (χ1n) is 15.6. The van der Waals surface area contributed by atoms with Crippen molar-refractivity contribution in [3.05, 3.63) is 82.9 Å². The molecule has 0 heteroatoms. The zero-order chi connectivity index (χ0) is 26.0. The molecule has 0 bridgehead atoms. The zero-order valence-electron chi connectivity index (χ0n) is 23.9. The molecule has 0 aliphatic heterocycles. The summed E-state index contributed by atoms with van der Waals surface area (Å²) in [5.41, 5.74) is 5.08. The Morgan fingerprint density at radius 1 is 0.568 bits per heavy atom. The lowest BCUT2D eigenvalue weighted by Gasteiger charge is -2.28. The third-order valence-electron chi connectivity index (χ3n) is 8.27. The highest BCUT2D eigenvalue weighted by atomic mass is 14.3. The number of hydrogen-bond donors (Lipinski definition) is 0. The second-order valence-corrected chi connectivity index (χ2v) is 11.4. The first-order chi connectivity index (χ1) is 18.3. The molecular weight excluding hydrogens is 444 g/mol. The van der Waals surface area contributed by atoms with E-state index in [0.717, 1.165) is 35.8 Å². The maximum absolute atomic E-state index is 3.36. The molecule has 3 rings (SSSR count). The van der Waals surface area contributed by atoms with E-state index in [1.807, 2.05) is 0 Å². The van der Waals surface area contributed by atoms with E-state index in [-0.39, 0.29) is 0 Å². The molecule has 0 aromatic heterocycles. The van der Waals surface area contributed by atoms with Crippen LogP contribution in [0.15, 0.2) is 60.7 Å². The van der Waals surface area contributed by atoms with Crippen LogP contribution in [-0.2, 0) is 12.8 Å². The molecule has 0 heterocycles. The van der Waals surface area contributed by atoms with Crippen molar-refractivity contribution in [2.45, 2.75) is 123 Å². The van der Waals surface area contributed by atoms with E-state index < -0.39 is 0 Å². The van der Waals surface area contributed by atoms with Gasteiger partial charge in [0.25, 0.3) is 0 Å². The van der Waals surface area contributed by atoms with Gasteiger partial charge in [-0.2, -0.15) is 0 Å². The molecule has 1 aliphatic rings. The van der Waals surface area contributed by atoms with Crippen LogP contribution < -0.4 is 0 Å². The Hall–Kier alpha value is -2.26. The number of rotatable bonds is 15. The summed E-state index contributed by atoms with van der Waals surface area (Å²) in [7, 11) is 0. The van der Waals surface area contributed by atoms with Crippen molar-refractivity contribution in [2.24, 2.45) is 11.8 Å². The number of benzene rings is 2. The predicted molar refractivity (Wildman–Crippen MR) is 163 cm³/mol. The molecule has 0 N–H and O–H groups in total. The van der Waals surface area contributed by atoms with Gasteiger partial charge in [-0.25, -0.2) is 0 Å². The van der Waals surface area contributed by atoms with Crippen molar-refractivity contribution in [3.8, 4) is 11.8 Å². The minimum absolute atomic E-state index is 0.941. The van der Waals surface area contributed by atoms with Crippen LogP contribution in [0.4, 0.5) is 0 Å². The predicted octanol–water partition coefficient (Wildman–Crippen LogP) is 10.9. The van der Waals surface area contributed by atoms with Gasteiger partial charge in [-0.05, 0) is 79.3 Å². The van der Waals surface area contributed by atoms with Crippen LogP contribution in [0, 0.1) is 23.7 Å². The van der Waals surface area contributed by atoms with Gasteiger partial charge in [-0.15, -0.1) is 0 Å². The van der Waals surface area contributed by atoms with Crippen molar-refractivity contribution in [1.82, 2.24) is 0 Å². The number of allylic oxidation sites excluding steroid dienone is 2. The Labute approximate surface area is 229 Å². The summed E-state index contributed by atoms with van der Waals surface area (Å²) in [6.45, 7) is 4.55. The Balaban J connectivity index is 1.33. The highest BCUT2D eigenvalue weighted by Crippen LogP contribution is 2.34. The van der Waals surface area contributed by atoms with Crippen LogP contribution >= 0.6 is 0 Å². The van der Waals surface area contributed by atoms with Gasteiger partial charge < -0.3 is 0 Å². The highest BCUT2D eigenvalue weighted by molar-refractivity contribution is 5.44. The first kappa shape index (κ1) is 29.3. The molecule has 2 aromatic carbocycles. The number of hydrogen-bond acceptors (Lipinski definition) is 0. The topological polar surface area (TPSA) is 0 Å². The van der Waals surface area contributed by atoms with Crippen LogP contribution in [0.1, 0.15) is 132 Å². The van der Waals surface area contributed by atoms with Crippen molar-refractivity contribution in [3.63, 3.8) is 0 Å². The fourth-order valence-corrected chi connectivity index (χ4v) is 5.68. The summed E-state index contributed by atoms with van der Waals surface area (Å²) in [5.74, 6) is 8.66. The smallest absolute Gasteiger partial charge is 0.0249 e. The molecule has 0 amide bonds. The Kier molecular flexibility index (Phi) is 14.3. The molecule has 1 saturated carbocycles. The Morgan fingerprint density at radius 2 is 1.08 bits per heavy atom. The summed E-state index contributed by atoms with van der Waals surface area (Å²) in [4.78, 5) is 0. The fraction of sp³-hybridized carbons (Fsp3) is 0.568. The van der Waals surface area contributed by atoms with Gasteiger partial charge in [0.2, 0.25) is 0 Å². The zero-order valence-corrected chi connectivity index (χ0v) is 23.9. The largest absolute Gasteiger partial charge is 0.0885 e. The van der Waals surface area contributed by atoms with Crippen molar-refractivity contribution in [2.75, 3.05) is 0 Å². The monoisotopic (exact) mass is 496 g/mol. The average molecular weight is 497 g/mol. The molecule has 1 aliphatic carbocycles. The number of aryl methyl sites for hydroxylation is 2. The van der Waals surface area contributed by atoms with Crippen molar-refractivity contribution in [1.29, 1.82) is 0 Å². The summed E-state index contributed by atoms with van der Waals surface area (Å²) in [6, 6.07) is 17.8. The van der Waals surface area contributed by atoms with Crippen molar-refractivity contribution >= 4 is 0 Å². The third-order valence-corrected chi connectivity index (χ3v) is 8.27. The van der Waals surface area contributed by atoms with E-state index in [4.69, 9.17) is 0 Å². The molecule has 0 nitrogen and oxygen atoms in total. The lowest BCUT2D eigenvalue weighted by atomic mass is 9.77. The lowest BCUT2D eigenvalue weighted by Crippen LogP contribution is -2.15. The van der Waals surface area contributed by atoms with E-state index >= 15 is 0 Å². The van der Waals surface area contributed by atoms with E-state index in [0.29, 0.717) is 0 Å². The van der Waals surface area contributed by atoms with Crippen LogP contribution in [0.2, 0.25) is 0 Å². The maximum Gasteiger partial charge on any atom is 0.0249 e. The molecular formula is C37H52. The quantitative estimate of drug-likeness (QED) is 0.131. The van der Waals surface area contributed by atoms with Crippen LogP contribution in [0.5, 0.6) is 0 Å². The molecule has 37 heavy (non-hydrogen) atoms. The van der Waals surface area contributed by atoms with Gasteiger partial charge in [-0.1, -0.05) is 139 Å². The fourth-order valence-electron chi connectivity index (χ4n) is 5.68. The maximum atomic E-state index is 3.36. The Morgan fingerprint density at radius 3 is 1.68 bits per heavy atom. The molecule has 0 spiro atoms. The van der Waals surface area contributed by atoms with E-state index in [1.54, 1.807) is 0 Å². The molecule has 0 atom stereocenters. The van der Waals surface area contributed by atoms with Gasteiger partial charge in [0.1, 0.15) is 0 Å². The van der Waals surface area contributed by atoms with Gasteiger partial charge in [0.05, 0.1) is 0 Å². The van der Waals surface area contributed by atoms with Gasteiger partial charge in [0, 0.05) is 11.1 Å². The van der Waals surface area contributed by atoms with E-state index in [1.165, 1.54) is 107 Å². The number of unbranched alkanes of at least 4 members (excludes halogenated alkanes) is 6. The molecule has 2 aromatic rings. The van der Waals surface area contributed by atoms with E-state index in [9.17, 15) is 0 Å². The normalized spacial score (nSPS) is 17.6. The SMILES string of the molecule is CCCC/C=C/CCc1ccc(C#Cc2ccc(CCC3CCC(CCCCCCC)CC3)cc2)cc1. The standard InChI is InChI=1S/C37H52/c1-3-5-7-9-11-13-15-33-18-22-35(23-19-33)25-27-37-30-28-36(29-31-37)26-24-34-20-16-32(17-21-34)14-12-10-8-6-4-2/h9,11,18-19,22-23,28-32,34H,3-8,10,12-17,20-21,24,26H2,1-2H3/b11-9+. The molecule has 0 saturated heterocycles. The third kappa shape index (κ3) is 12.2. The molecule has 1 fully saturated rings. The van der Waals surface area contributed by atoms with Crippen molar-refractivity contribution < 1.29 is 0 Å². The second kappa shape index (κ2) is 18.1. The highest BCUT2D eigenvalue weighted by Gasteiger charge is 2.20. The van der Waals surface area contributed by atoms with E-state index in [2.05, 4.69) is 86.4 Å². The average Bonchev–Trinajstić information content (AvgIpc) is 2.94. The molecule has 200 valence electrons. The molecule has 0 unspecified atom stereocenters. The summed E-state index contributed by atoms with van der Waals surface area (Å²) in [6.07, 6.45) is 27.7. The minimum atomic E-state index is 0.941. The van der Waals surface area contributed by atoms with Crippen LogP contribution in [-0.4, -0.2) is 0 Å². The first-order valence-corrected chi connectivity index (χ1v) is 15.6. The summed E-state index contributed by atoms with van der Waals surface area (Å²) >= 11 is 0. The Bertz CT molecular complexity index is 926. The lowest BCUT2D eigenvalue weighted by molar-refractivity contribution is 0.248. The van der Waals surface area contributed by atoms with Gasteiger partial charge in [-0.3, -0.25) is 0 Å². The summed E-state index contributed by atoms with van der Waals surface area (Å²) in [5, 5.41) is 0. The van der Waals surface area contributed by atoms with Gasteiger partial charge in [0.15, 0.2) is 0 Å². The minimum Gasteiger partial charge on any atom is -0.0885 e. The van der Waals surface area contributed by atoms with Gasteiger partial charge >= 0.3 is 0 Å². The van der Waals surface area contributed by atoms with Crippen LogP contribution in [0.25, 0.3) is 0 Å². The van der Waals surface area contributed by atoms with Crippen LogP contribution in [0.3, 0.4) is 0 Å².